The Bertz CT molecular complexity index is 1010. The van der Waals surface area contributed by atoms with Gasteiger partial charge < -0.3 is 14.2 Å². The monoisotopic (exact) mass is 370 g/mol. The molecule has 0 aliphatic carbocycles. The standard InChI is InChI=1S/C20H18O5S/c1-23-13-6-4-12(5-7-13)8-17(21)15-11-16-18(25-3)9-14(24-2)10-19(16)26-20(15)22/h4-7,9-11H,8H2,1-3H3. The Labute approximate surface area is 154 Å². The molecule has 3 aromatic rings. The first-order chi connectivity index (χ1) is 12.5. The van der Waals surface area contributed by atoms with Crippen LogP contribution >= 0.6 is 11.3 Å². The third-order valence-electron chi connectivity index (χ3n) is 4.07. The van der Waals surface area contributed by atoms with Gasteiger partial charge in [0.05, 0.1) is 26.9 Å². The highest BCUT2D eigenvalue weighted by molar-refractivity contribution is 7.16. The van der Waals surface area contributed by atoms with E-state index in [1.54, 1.807) is 51.7 Å². The van der Waals surface area contributed by atoms with Crippen molar-refractivity contribution in [3.05, 3.63) is 63.1 Å². The number of hydrogen-bond acceptors (Lipinski definition) is 6. The fraction of sp³-hybridized carbons (Fsp3) is 0.200. The molecule has 0 saturated heterocycles. The van der Waals surface area contributed by atoms with Crippen LogP contribution in [0.5, 0.6) is 17.2 Å². The van der Waals surface area contributed by atoms with Gasteiger partial charge in [-0.3, -0.25) is 9.59 Å². The van der Waals surface area contributed by atoms with Gasteiger partial charge in [-0.15, -0.1) is 0 Å². The molecule has 0 radical (unpaired) electrons. The topological polar surface area (TPSA) is 61.8 Å². The zero-order valence-electron chi connectivity index (χ0n) is 14.7. The molecule has 0 N–H and O–H groups in total. The minimum Gasteiger partial charge on any atom is -0.497 e. The van der Waals surface area contributed by atoms with Crippen LogP contribution in [0.15, 0.2) is 47.3 Å². The molecule has 0 aliphatic heterocycles. The zero-order valence-corrected chi connectivity index (χ0v) is 15.5. The molecule has 0 unspecified atom stereocenters. The number of ketones is 1. The number of Topliss-reactive ketones (excluding diaryl/α,β-unsaturated/α-hetero) is 1. The first kappa shape index (κ1) is 17.9. The van der Waals surface area contributed by atoms with E-state index in [9.17, 15) is 9.59 Å². The van der Waals surface area contributed by atoms with Gasteiger partial charge in [0.2, 0.25) is 4.74 Å². The van der Waals surface area contributed by atoms with Crippen LogP contribution in [0.25, 0.3) is 10.1 Å². The average molecular weight is 370 g/mol. The van der Waals surface area contributed by atoms with Crippen molar-refractivity contribution < 1.29 is 19.0 Å². The second-order valence-corrected chi connectivity index (χ2v) is 6.65. The second-order valence-electron chi connectivity index (χ2n) is 5.64. The van der Waals surface area contributed by atoms with Crippen molar-refractivity contribution in [2.45, 2.75) is 6.42 Å². The van der Waals surface area contributed by atoms with Crippen molar-refractivity contribution >= 4 is 27.2 Å². The predicted octanol–water partition coefficient (Wildman–Crippen LogP) is 3.71. The highest BCUT2D eigenvalue weighted by Gasteiger charge is 2.16. The van der Waals surface area contributed by atoms with Crippen LogP contribution in [0.1, 0.15) is 15.9 Å². The molecule has 0 fully saturated rings. The lowest BCUT2D eigenvalue weighted by Gasteiger charge is -2.09. The number of carbonyl (C=O) groups excluding carboxylic acids is 1. The van der Waals surface area contributed by atoms with Crippen molar-refractivity contribution in [1.29, 1.82) is 0 Å². The van der Waals surface area contributed by atoms with Gasteiger partial charge in [-0.05, 0) is 29.8 Å². The van der Waals surface area contributed by atoms with Crippen LogP contribution in [-0.4, -0.2) is 27.1 Å². The van der Waals surface area contributed by atoms with E-state index in [-0.39, 0.29) is 22.5 Å². The van der Waals surface area contributed by atoms with Gasteiger partial charge in [-0.2, -0.15) is 0 Å². The third kappa shape index (κ3) is 3.55. The molecule has 26 heavy (non-hydrogen) atoms. The molecule has 6 heteroatoms. The van der Waals surface area contributed by atoms with Gasteiger partial charge in [0.1, 0.15) is 17.2 Å². The maximum Gasteiger partial charge on any atom is 0.243 e. The summed E-state index contributed by atoms with van der Waals surface area (Å²) in [6.45, 7) is 0. The lowest BCUT2D eigenvalue weighted by atomic mass is 10.0. The Morgan fingerprint density at radius 2 is 1.62 bits per heavy atom. The van der Waals surface area contributed by atoms with Gasteiger partial charge in [0, 0.05) is 22.6 Å². The van der Waals surface area contributed by atoms with Gasteiger partial charge >= 0.3 is 0 Å². The van der Waals surface area contributed by atoms with Crippen LogP contribution in [0.3, 0.4) is 0 Å². The molecule has 5 nitrogen and oxygen atoms in total. The number of carbonyl (C=O) groups is 1. The molecule has 134 valence electrons. The highest BCUT2D eigenvalue weighted by atomic mass is 32.1. The summed E-state index contributed by atoms with van der Waals surface area (Å²) in [6.07, 6.45) is 0.149. The van der Waals surface area contributed by atoms with Crippen molar-refractivity contribution in [1.82, 2.24) is 0 Å². The Balaban J connectivity index is 1.99. The molecule has 0 aliphatic rings. The van der Waals surface area contributed by atoms with E-state index in [4.69, 9.17) is 14.2 Å². The van der Waals surface area contributed by atoms with Crippen LogP contribution in [-0.2, 0) is 6.42 Å². The Hall–Kier alpha value is -2.86. The number of ether oxygens (including phenoxy) is 3. The lowest BCUT2D eigenvalue weighted by molar-refractivity contribution is 0.0992. The summed E-state index contributed by atoms with van der Waals surface area (Å²) < 4.78 is 16.2. The van der Waals surface area contributed by atoms with Crippen LogP contribution in [0.4, 0.5) is 0 Å². The van der Waals surface area contributed by atoms with Crippen LogP contribution < -0.4 is 19.0 Å². The minimum absolute atomic E-state index is 0.149. The molecule has 1 aromatic heterocycles. The fourth-order valence-corrected chi connectivity index (χ4v) is 3.59. The largest absolute Gasteiger partial charge is 0.497 e. The predicted molar refractivity (Wildman–Crippen MR) is 102 cm³/mol. The van der Waals surface area contributed by atoms with E-state index >= 15 is 0 Å². The highest BCUT2D eigenvalue weighted by Crippen LogP contribution is 2.32. The summed E-state index contributed by atoms with van der Waals surface area (Å²) in [5.41, 5.74) is 0.990. The molecule has 0 amide bonds. The van der Waals surface area contributed by atoms with Crippen molar-refractivity contribution in [3.8, 4) is 17.2 Å². The quantitative estimate of drug-likeness (QED) is 0.619. The first-order valence-corrected chi connectivity index (χ1v) is 8.73. The van der Waals surface area contributed by atoms with Crippen LogP contribution in [0.2, 0.25) is 0 Å². The maximum atomic E-state index is 12.7. The molecular formula is C20H18O5S. The van der Waals surface area contributed by atoms with E-state index in [1.165, 1.54) is 0 Å². The van der Waals surface area contributed by atoms with Gasteiger partial charge in [-0.1, -0.05) is 23.5 Å². The third-order valence-corrected chi connectivity index (χ3v) is 5.03. The molecular weight excluding hydrogens is 352 g/mol. The van der Waals surface area contributed by atoms with Crippen LogP contribution in [0, 0.1) is 0 Å². The summed E-state index contributed by atoms with van der Waals surface area (Å²) in [7, 11) is 4.68. The summed E-state index contributed by atoms with van der Waals surface area (Å²) in [6, 6.07) is 12.3. The molecule has 0 atom stereocenters. The smallest absolute Gasteiger partial charge is 0.243 e. The minimum atomic E-state index is -0.272. The van der Waals surface area contributed by atoms with E-state index < -0.39 is 0 Å². The molecule has 0 saturated carbocycles. The van der Waals surface area contributed by atoms with E-state index in [0.29, 0.717) is 16.2 Å². The lowest BCUT2D eigenvalue weighted by Crippen LogP contribution is -2.14. The average Bonchev–Trinajstić information content (AvgIpc) is 2.66. The molecule has 0 bridgehead atoms. The normalized spacial score (nSPS) is 10.6. The number of methoxy groups -OCH3 is 3. The Kier molecular flexibility index (Phi) is 5.23. The second kappa shape index (κ2) is 7.58. The van der Waals surface area contributed by atoms with E-state index in [1.807, 2.05) is 12.1 Å². The first-order valence-electron chi connectivity index (χ1n) is 7.91. The van der Waals surface area contributed by atoms with Crippen molar-refractivity contribution in [2.24, 2.45) is 0 Å². The Morgan fingerprint density at radius 3 is 2.23 bits per heavy atom. The van der Waals surface area contributed by atoms with Gasteiger partial charge in [0.25, 0.3) is 0 Å². The summed E-state index contributed by atoms with van der Waals surface area (Å²) >= 11 is 1.02. The van der Waals surface area contributed by atoms with E-state index in [2.05, 4.69) is 0 Å². The molecule has 2 aromatic carbocycles. The number of benzene rings is 2. The maximum absolute atomic E-state index is 12.7. The van der Waals surface area contributed by atoms with Crippen molar-refractivity contribution in [2.75, 3.05) is 21.3 Å². The Morgan fingerprint density at radius 1 is 0.923 bits per heavy atom. The summed E-state index contributed by atoms with van der Waals surface area (Å²) in [5.74, 6) is 1.66. The molecule has 1 heterocycles. The number of hydrogen-bond donors (Lipinski definition) is 0. The SMILES string of the molecule is COc1ccc(CC(=O)c2cc3c(OC)cc(OC)cc3sc2=O)cc1. The summed E-state index contributed by atoms with van der Waals surface area (Å²) in [5, 5.41) is 0.719. The zero-order chi connectivity index (χ0) is 18.7. The van der Waals surface area contributed by atoms with Gasteiger partial charge in [0.15, 0.2) is 5.78 Å². The molecule has 0 spiro atoms. The number of rotatable bonds is 6. The van der Waals surface area contributed by atoms with E-state index in [0.717, 1.165) is 28.0 Å². The van der Waals surface area contributed by atoms with Gasteiger partial charge in [-0.25, -0.2) is 0 Å². The van der Waals surface area contributed by atoms with Crippen molar-refractivity contribution in [3.63, 3.8) is 0 Å². The summed E-state index contributed by atoms with van der Waals surface area (Å²) in [4.78, 5) is 25.1. The number of fused-ring (bicyclic) bond motifs is 1. The fourth-order valence-electron chi connectivity index (χ4n) is 2.67. The molecule has 3 rings (SSSR count).